The predicted octanol–water partition coefficient (Wildman–Crippen LogP) is 5.62. The zero-order chi connectivity index (χ0) is 32.1. The molecule has 1 saturated carbocycles. The number of carbonyl (C=O) groups excluding carboxylic acids is 3. The number of hydrogen-bond donors (Lipinski definition) is 1. The molecule has 8 heteroatoms. The minimum Gasteiger partial charge on any atom is -0.565 e. The third kappa shape index (κ3) is 7.41. The molecule has 0 saturated heterocycles. The Labute approximate surface area is 262 Å². The Balaban J connectivity index is 1.29. The van der Waals surface area contributed by atoms with Crippen molar-refractivity contribution in [3.05, 3.63) is 108 Å². The molecule has 0 bridgehead atoms. The SMILES string of the molecule is COC(=O)C1CC(C(O)Oc2ccc(-c3ccc(C)cc3)cc2)C(C(=O)[OH2+])CC1C(=O)Oc1ccc(-c2ccc(C)cc2)cc1. The average molecular weight is 610 g/mol. The first kappa shape index (κ1) is 31.5. The molecule has 1 aliphatic carbocycles. The summed E-state index contributed by atoms with van der Waals surface area (Å²) in [6.45, 7) is 4.03. The Morgan fingerprint density at radius 3 is 1.51 bits per heavy atom. The number of methoxy groups -OCH3 is 1. The summed E-state index contributed by atoms with van der Waals surface area (Å²) < 4.78 is 16.4. The Morgan fingerprint density at radius 1 is 0.644 bits per heavy atom. The third-order valence-electron chi connectivity index (χ3n) is 8.50. The highest BCUT2D eigenvalue weighted by atomic mass is 16.6. The fourth-order valence-corrected chi connectivity index (χ4v) is 5.88. The van der Waals surface area contributed by atoms with Crippen LogP contribution in [-0.2, 0) is 19.1 Å². The van der Waals surface area contributed by atoms with Crippen LogP contribution in [-0.4, -0.2) is 41.5 Å². The third-order valence-corrected chi connectivity index (χ3v) is 8.50. The van der Waals surface area contributed by atoms with Gasteiger partial charge in [-0.2, -0.15) is 0 Å². The predicted molar refractivity (Wildman–Crippen MR) is 169 cm³/mol. The molecule has 4 aromatic rings. The van der Waals surface area contributed by atoms with Gasteiger partial charge in [-0.05, 0) is 73.2 Å². The molecule has 5 rings (SSSR count). The van der Waals surface area contributed by atoms with Gasteiger partial charge in [0.2, 0.25) is 6.29 Å². The van der Waals surface area contributed by atoms with Gasteiger partial charge in [-0.25, -0.2) is 0 Å². The van der Waals surface area contributed by atoms with Crippen LogP contribution in [0.15, 0.2) is 97.1 Å². The maximum Gasteiger partial charge on any atom is 0.519 e. The molecule has 232 valence electrons. The van der Waals surface area contributed by atoms with Crippen molar-refractivity contribution < 1.29 is 38.8 Å². The summed E-state index contributed by atoms with van der Waals surface area (Å²) >= 11 is 0. The van der Waals surface area contributed by atoms with Crippen molar-refractivity contribution >= 4 is 17.9 Å². The van der Waals surface area contributed by atoms with E-state index in [1.807, 2.05) is 86.6 Å². The molecule has 1 aliphatic rings. The summed E-state index contributed by atoms with van der Waals surface area (Å²) in [7, 11) is 1.22. The molecule has 3 N–H and O–H groups in total. The van der Waals surface area contributed by atoms with Crippen molar-refractivity contribution in [3.63, 3.8) is 0 Å². The minimum atomic E-state index is -1.51. The van der Waals surface area contributed by atoms with Crippen LogP contribution in [0.25, 0.3) is 22.3 Å². The van der Waals surface area contributed by atoms with Gasteiger partial charge in [-0.1, -0.05) is 83.9 Å². The summed E-state index contributed by atoms with van der Waals surface area (Å²) in [6.07, 6.45) is -1.77. The first-order valence-electron chi connectivity index (χ1n) is 14.9. The van der Waals surface area contributed by atoms with Crippen LogP contribution in [0.1, 0.15) is 24.0 Å². The van der Waals surface area contributed by atoms with Gasteiger partial charge < -0.3 is 24.4 Å². The van der Waals surface area contributed by atoms with E-state index < -0.39 is 47.9 Å². The Kier molecular flexibility index (Phi) is 9.64. The van der Waals surface area contributed by atoms with Crippen molar-refractivity contribution in [1.82, 2.24) is 0 Å². The first-order valence-corrected chi connectivity index (χ1v) is 14.9. The molecule has 8 nitrogen and oxygen atoms in total. The fraction of sp³-hybridized carbons (Fsp3) is 0.270. The lowest BCUT2D eigenvalue weighted by Gasteiger charge is -2.37. The van der Waals surface area contributed by atoms with Crippen molar-refractivity contribution in [2.45, 2.75) is 33.0 Å². The van der Waals surface area contributed by atoms with Crippen LogP contribution in [0.5, 0.6) is 11.5 Å². The Morgan fingerprint density at radius 2 is 1.07 bits per heavy atom. The second kappa shape index (κ2) is 13.8. The number of aliphatic hydroxyl groups is 1. The van der Waals surface area contributed by atoms with Gasteiger partial charge in [0.25, 0.3) is 0 Å². The number of esters is 2. The molecular weight excluding hydrogens is 572 g/mol. The topological polar surface area (TPSA) is 122 Å². The lowest BCUT2D eigenvalue weighted by Crippen LogP contribution is -2.48. The van der Waals surface area contributed by atoms with Crippen LogP contribution in [0.4, 0.5) is 0 Å². The standard InChI is InChI=1S/C37H36O8/c1-22-4-8-24(9-5-22)26-12-16-28(17-13-26)44-36(41)31-21-32(35(40)43-3)33(20-30(31)34(38)39)37(42)45-29-18-14-27(15-19-29)25-10-6-23(2)7-11-25/h4-19,30-33,36,41H,20-21H2,1-3H3,(H,38,39)/p+1. The molecule has 0 aromatic heterocycles. The van der Waals surface area contributed by atoms with E-state index in [0.29, 0.717) is 5.75 Å². The van der Waals surface area contributed by atoms with Crippen LogP contribution >= 0.6 is 0 Å². The van der Waals surface area contributed by atoms with Gasteiger partial charge in [-0.15, -0.1) is 0 Å². The van der Waals surface area contributed by atoms with E-state index in [1.54, 1.807) is 24.3 Å². The van der Waals surface area contributed by atoms with Gasteiger partial charge in [0.1, 0.15) is 17.4 Å². The number of hydrogen-bond acceptors (Lipinski definition) is 7. The summed E-state index contributed by atoms with van der Waals surface area (Å²) in [6, 6.07) is 30.3. The molecule has 0 heterocycles. The van der Waals surface area contributed by atoms with Crippen molar-refractivity contribution in [2.24, 2.45) is 23.7 Å². The normalized spacial score (nSPS) is 20.1. The Bertz CT molecular complexity index is 1630. The highest BCUT2D eigenvalue weighted by molar-refractivity contribution is 5.85. The van der Waals surface area contributed by atoms with E-state index in [9.17, 15) is 19.5 Å². The first-order chi connectivity index (χ1) is 21.6. The van der Waals surface area contributed by atoms with Gasteiger partial charge in [0, 0.05) is 10.7 Å². The average Bonchev–Trinajstić information content (AvgIpc) is 3.05. The minimum absolute atomic E-state index is 0.100. The molecule has 0 radical (unpaired) electrons. The van der Waals surface area contributed by atoms with Crippen LogP contribution < -0.4 is 9.47 Å². The van der Waals surface area contributed by atoms with Crippen molar-refractivity contribution in [3.8, 4) is 33.8 Å². The van der Waals surface area contributed by atoms with E-state index >= 15 is 0 Å². The fourth-order valence-electron chi connectivity index (χ4n) is 5.88. The van der Waals surface area contributed by atoms with Crippen molar-refractivity contribution in [2.75, 3.05) is 7.11 Å². The molecule has 0 spiro atoms. The largest absolute Gasteiger partial charge is 0.565 e. The molecule has 5 atom stereocenters. The number of aliphatic hydroxyl groups excluding tert-OH is 1. The molecule has 45 heavy (non-hydrogen) atoms. The van der Waals surface area contributed by atoms with Crippen LogP contribution in [0, 0.1) is 37.5 Å². The summed E-state index contributed by atoms with van der Waals surface area (Å²) in [4.78, 5) is 38.8. The lowest BCUT2D eigenvalue weighted by molar-refractivity contribution is -0.172. The van der Waals surface area contributed by atoms with Crippen molar-refractivity contribution in [1.29, 1.82) is 0 Å². The summed E-state index contributed by atoms with van der Waals surface area (Å²) in [5.41, 5.74) is 6.26. The molecule has 5 unspecified atom stereocenters. The number of carbonyl (C=O) groups is 3. The molecule has 1 fully saturated rings. The molecule has 4 aromatic carbocycles. The van der Waals surface area contributed by atoms with E-state index in [2.05, 4.69) is 0 Å². The number of rotatable bonds is 9. The van der Waals surface area contributed by atoms with E-state index in [1.165, 1.54) is 7.11 Å². The van der Waals surface area contributed by atoms with Crippen LogP contribution in [0.3, 0.4) is 0 Å². The zero-order valence-corrected chi connectivity index (χ0v) is 25.4. The maximum absolute atomic E-state index is 13.4. The van der Waals surface area contributed by atoms with E-state index in [-0.39, 0.29) is 18.6 Å². The quantitative estimate of drug-likeness (QED) is 0.113. The summed E-state index contributed by atoms with van der Waals surface area (Å²) in [5, 5.41) is 19.0. The van der Waals surface area contributed by atoms with E-state index in [0.717, 1.165) is 33.4 Å². The lowest BCUT2D eigenvalue weighted by atomic mass is 9.67. The number of ether oxygens (including phenoxy) is 3. The number of benzene rings is 4. The zero-order valence-electron chi connectivity index (χ0n) is 25.4. The smallest absolute Gasteiger partial charge is 0.519 e. The van der Waals surface area contributed by atoms with Crippen LogP contribution in [0.2, 0.25) is 0 Å². The van der Waals surface area contributed by atoms with Gasteiger partial charge in [0.15, 0.2) is 0 Å². The molecule has 0 aliphatic heterocycles. The molecule has 0 amide bonds. The van der Waals surface area contributed by atoms with Gasteiger partial charge in [-0.3, -0.25) is 9.59 Å². The highest BCUT2D eigenvalue weighted by Crippen LogP contribution is 2.42. The second-order valence-corrected chi connectivity index (χ2v) is 11.6. The summed E-state index contributed by atoms with van der Waals surface area (Å²) in [5.74, 6) is -5.72. The maximum atomic E-state index is 13.4. The second-order valence-electron chi connectivity index (χ2n) is 11.6. The van der Waals surface area contributed by atoms with Gasteiger partial charge >= 0.3 is 17.9 Å². The van der Waals surface area contributed by atoms with Gasteiger partial charge in [0.05, 0.1) is 18.9 Å². The molecular formula is C37H37O8+. The Hall–Kier alpha value is -4.95. The monoisotopic (exact) mass is 609 g/mol. The van der Waals surface area contributed by atoms with E-state index in [4.69, 9.17) is 19.3 Å². The number of aryl methyl sites for hydroxylation is 2. The highest BCUT2D eigenvalue weighted by Gasteiger charge is 2.52.